The fraction of sp³-hybridized carbons (Fsp3) is 0.714. The fourth-order valence-electron chi connectivity index (χ4n) is 0.741. The number of aliphatic imine (C=N–C) groups is 1. The third-order valence-electron chi connectivity index (χ3n) is 1.56. The number of nitrogens with one attached hydrogen (secondary N) is 1. The molecule has 7 heteroatoms. The molecule has 0 rings (SSSR count). The number of rotatable bonds is 5. The summed E-state index contributed by atoms with van der Waals surface area (Å²) in [7, 11) is 1.57. The molecule has 0 aliphatic carbocycles. The first-order valence-electron chi connectivity index (χ1n) is 4.02. The van der Waals surface area contributed by atoms with Crippen molar-refractivity contribution in [2.24, 2.45) is 16.5 Å². The topological polar surface area (TPSA) is 114 Å². The van der Waals surface area contributed by atoms with Gasteiger partial charge in [-0.3, -0.25) is 9.79 Å². The van der Waals surface area contributed by atoms with Crippen molar-refractivity contribution in [1.82, 2.24) is 5.32 Å². The van der Waals surface area contributed by atoms with Crippen LogP contribution in [0.25, 0.3) is 0 Å². The van der Waals surface area contributed by atoms with Crippen LogP contribution in [-0.2, 0) is 4.79 Å². The van der Waals surface area contributed by atoms with Crippen molar-refractivity contribution >= 4 is 24.3 Å². The van der Waals surface area contributed by atoms with Gasteiger partial charge < -0.3 is 21.9 Å². The SMILES string of the molecule is CN=C(N)NCCC[C@H](N)C(=O)O.Cl. The van der Waals surface area contributed by atoms with Gasteiger partial charge in [-0.15, -0.1) is 12.4 Å². The summed E-state index contributed by atoms with van der Waals surface area (Å²) in [4.78, 5) is 14.0. The average Bonchev–Trinajstić information content (AvgIpc) is 2.11. The minimum atomic E-state index is -0.975. The van der Waals surface area contributed by atoms with E-state index < -0.39 is 12.0 Å². The maximum absolute atomic E-state index is 10.3. The summed E-state index contributed by atoms with van der Waals surface area (Å²) in [6, 6.07) is -0.790. The van der Waals surface area contributed by atoms with E-state index in [9.17, 15) is 4.79 Å². The van der Waals surface area contributed by atoms with Gasteiger partial charge in [-0.1, -0.05) is 0 Å². The molecule has 0 aliphatic heterocycles. The predicted molar refractivity (Wildman–Crippen MR) is 57.6 cm³/mol. The zero-order valence-corrected chi connectivity index (χ0v) is 8.88. The van der Waals surface area contributed by atoms with Gasteiger partial charge in [0.2, 0.25) is 0 Å². The van der Waals surface area contributed by atoms with Crippen LogP contribution in [0.15, 0.2) is 4.99 Å². The molecule has 1 atom stereocenters. The van der Waals surface area contributed by atoms with Crippen molar-refractivity contribution in [2.45, 2.75) is 18.9 Å². The van der Waals surface area contributed by atoms with Crippen molar-refractivity contribution in [2.75, 3.05) is 13.6 Å². The lowest BCUT2D eigenvalue weighted by Gasteiger charge is -2.07. The number of nitrogens with zero attached hydrogens (tertiary/aromatic N) is 1. The summed E-state index contributed by atoms with van der Waals surface area (Å²) in [5.41, 5.74) is 10.6. The lowest BCUT2D eigenvalue weighted by atomic mass is 10.2. The van der Waals surface area contributed by atoms with Gasteiger partial charge in [-0.2, -0.15) is 0 Å². The summed E-state index contributed by atoms with van der Waals surface area (Å²) < 4.78 is 0. The largest absolute Gasteiger partial charge is 0.480 e. The molecule has 0 spiro atoms. The maximum atomic E-state index is 10.3. The summed E-state index contributed by atoms with van der Waals surface area (Å²) in [5.74, 6) is -0.624. The predicted octanol–water partition coefficient (Wildman–Crippen LogP) is -0.866. The normalized spacial score (nSPS) is 12.9. The molecule has 0 heterocycles. The molecule has 0 saturated carbocycles. The molecule has 0 aromatic carbocycles. The van der Waals surface area contributed by atoms with Crippen LogP contribution in [0, 0.1) is 0 Å². The van der Waals surface area contributed by atoms with Crippen LogP contribution in [0.2, 0.25) is 0 Å². The second-order valence-corrected chi connectivity index (χ2v) is 2.62. The highest BCUT2D eigenvalue weighted by molar-refractivity contribution is 5.85. The average molecular weight is 225 g/mol. The smallest absolute Gasteiger partial charge is 0.320 e. The fourth-order valence-corrected chi connectivity index (χ4v) is 0.741. The Morgan fingerprint density at radius 2 is 2.21 bits per heavy atom. The Morgan fingerprint density at radius 1 is 1.64 bits per heavy atom. The number of halogens is 1. The molecule has 0 radical (unpaired) electrons. The Balaban J connectivity index is 0. The molecule has 6 N–H and O–H groups in total. The highest BCUT2D eigenvalue weighted by atomic mass is 35.5. The minimum absolute atomic E-state index is 0. The van der Waals surface area contributed by atoms with Crippen LogP contribution >= 0.6 is 12.4 Å². The number of hydrogen-bond donors (Lipinski definition) is 4. The van der Waals surface area contributed by atoms with Crippen molar-refractivity contribution < 1.29 is 9.90 Å². The monoisotopic (exact) mass is 224 g/mol. The molecule has 0 aromatic heterocycles. The van der Waals surface area contributed by atoms with Gasteiger partial charge in [0.05, 0.1) is 0 Å². The first kappa shape index (κ1) is 15.5. The summed E-state index contributed by atoms with van der Waals surface area (Å²) in [5, 5.41) is 11.2. The number of carbonyl (C=O) groups is 1. The van der Waals surface area contributed by atoms with Crippen LogP contribution in [0.5, 0.6) is 0 Å². The third-order valence-corrected chi connectivity index (χ3v) is 1.56. The van der Waals surface area contributed by atoms with E-state index in [1.54, 1.807) is 7.05 Å². The zero-order chi connectivity index (χ0) is 10.3. The summed E-state index contributed by atoms with van der Waals surface area (Å²) in [6.45, 7) is 0.587. The number of guanidine groups is 1. The number of carboxylic acid groups (broad SMARTS) is 1. The number of carboxylic acids is 1. The second-order valence-electron chi connectivity index (χ2n) is 2.62. The van der Waals surface area contributed by atoms with Crippen molar-refractivity contribution in [3.05, 3.63) is 0 Å². The highest BCUT2D eigenvalue weighted by Gasteiger charge is 2.09. The van der Waals surface area contributed by atoms with Crippen LogP contribution < -0.4 is 16.8 Å². The Labute approximate surface area is 89.2 Å². The molecule has 0 saturated heterocycles. The Kier molecular flexibility index (Phi) is 9.48. The van der Waals surface area contributed by atoms with Crippen molar-refractivity contribution in [3.63, 3.8) is 0 Å². The molecular weight excluding hydrogens is 208 g/mol. The van der Waals surface area contributed by atoms with Gasteiger partial charge in [0.15, 0.2) is 5.96 Å². The van der Waals surface area contributed by atoms with Crippen molar-refractivity contribution in [3.8, 4) is 0 Å². The second kappa shape index (κ2) is 8.58. The molecule has 0 fully saturated rings. The van der Waals surface area contributed by atoms with Crippen LogP contribution in [-0.4, -0.2) is 36.7 Å². The van der Waals surface area contributed by atoms with Gasteiger partial charge in [0.25, 0.3) is 0 Å². The minimum Gasteiger partial charge on any atom is -0.480 e. The van der Waals surface area contributed by atoms with E-state index in [2.05, 4.69) is 10.3 Å². The number of nitrogens with two attached hydrogens (primary N) is 2. The van der Waals surface area contributed by atoms with E-state index in [-0.39, 0.29) is 12.4 Å². The van der Waals surface area contributed by atoms with E-state index in [1.165, 1.54) is 0 Å². The zero-order valence-electron chi connectivity index (χ0n) is 8.06. The van der Waals surface area contributed by atoms with Gasteiger partial charge in [0.1, 0.15) is 6.04 Å². The first-order chi connectivity index (χ1) is 6.07. The molecule has 0 amide bonds. The van der Waals surface area contributed by atoms with Gasteiger partial charge >= 0.3 is 5.97 Å². The molecule has 0 aliphatic rings. The quantitative estimate of drug-likeness (QED) is 0.276. The van der Waals surface area contributed by atoms with Crippen LogP contribution in [0.3, 0.4) is 0 Å². The Hall–Kier alpha value is -1.01. The molecular formula is C7H17ClN4O2. The van der Waals surface area contributed by atoms with Crippen LogP contribution in [0.1, 0.15) is 12.8 Å². The van der Waals surface area contributed by atoms with E-state index >= 15 is 0 Å². The molecule has 0 bridgehead atoms. The van der Waals surface area contributed by atoms with E-state index in [1.807, 2.05) is 0 Å². The third kappa shape index (κ3) is 7.63. The Morgan fingerprint density at radius 3 is 2.64 bits per heavy atom. The lowest BCUT2D eigenvalue weighted by molar-refractivity contribution is -0.138. The van der Waals surface area contributed by atoms with Gasteiger partial charge in [-0.05, 0) is 12.8 Å². The molecule has 0 unspecified atom stereocenters. The van der Waals surface area contributed by atoms with E-state index in [0.29, 0.717) is 25.3 Å². The molecule has 84 valence electrons. The standard InChI is InChI=1S/C7H16N4O2.ClH/c1-10-7(9)11-4-2-3-5(8)6(12)13;/h5H,2-4,8H2,1H3,(H,12,13)(H3,9,10,11);1H/t5-;/m0./s1. The molecule has 6 nitrogen and oxygen atoms in total. The lowest BCUT2D eigenvalue weighted by Crippen LogP contribution is -2.34. The van der Waals surface area contributed by atoms with E-state index in [4.69, 9.17) is 16.6 Å². The molecule has 0 aromatic rings. The number of hydrogen-bond acceptors (Lipinski definition) is 3. The van der Waals surface area contributed by atoms with Gasteiger partial charge in [0, 0.05) is 13.6 Å². The summed E-state index contributed by atoms with van der Waals surface area (Å²) in [6.07, 6.45) is 1.09. The number of aliphatic carboxylic acids is 1. The van der Waals surface area contributed by atoms with E-state index in [0.717, 1.165) is 0 Å². The molecule has 14 heavy (non-hydrogen) atoms. The van der Waals surface area contributed by atoms with Gasteiger partial charge in [-0.25, -0.2) is 0 Å². The maximum Gasteiger partial charge on any atom is 0.320 e. The first-order valence-corrected chi connectivity index (χ1v) is 4.02. The van der Waals surface area contributed by atoms with Crippen molar-refractivity contribution in [1.29, 1.82) is 0 Å². The Bertz CT molecular complexity index is 198. The highest BCUT2D eigenvalue weighted by Crippen LogP contribution is 1.92. The summed E-state index contributed by atoms with van der Waals surface area (Å²) >= 11 is 0. The van der Waals surface area contributed by atoms with Crippen LogP contribution in [0.4, 0.5) is 0 Å².